The fraction of sp³-hybridized carbons (Fsp3) is 1.00. The van der Waals surface area contributed by atoms with E-state index in [1.807, 2.05) is 0 Å². The third-order valence-corrected chi connectivity index (χ3v) is 0.702. The highest BCUT2D eigenvalue weighted by Gasteiger charge is 1.74. The van der Waals surface area contributed by atoms with Crippen LogP contribution in [0.2, 0.25) is 0 Å². The van der Waals surface area contributed by atoms with Gasteiger partial charge < -0.3 is 10.9 Å². The summed E-state index contributed by atoms with van der Waals surface area (Å²) >= 11 is 0. The zero-order chi connectivity index (χ0) is 4.83. The van der Waals surface area contributed by atoms with E-state index >= 15 is 0 Å². The highest BCUT2D eigenvalue weighted by Crippen LogP contribution is 1.83. The Labute approximate surface area is 45.4 Å². The van der Waals surface area contributed by atoms with E-state index in [0.717, 1.165) is 6.61 Å². The normalized spacial score (nSPS) is 7.71. The van der Waals surface area contributed by atoms with E-state index in [9.17, 15) is 0 Å². The van der Waals surface area contributed by atoms with Crippen LogP contribution in [-0.4, -0.2) is 13.7 Å². The highest BCUT2D eigenvalue weighted by molar-refractivity contribution is 4.26. The third kappa shape index (κ3) is 10.7. The first-order valence-electron chi connectivity index (χ1n) is 2.40. The minimum absolute atomic E-state index is 0. The van der Waals surface area contributed by atoms with Gasteiger partial charge >= 0.3 is 0 Å². The third-order valence-electron chi connectivity index (χ3n) is 0.702. The summed E-state index contributed by atoms with van der Waals surface area (Å²) in [5.41, 5.74) is 0. The summed E-state index contributed by atoms with van der Waals surface area (Å²) < 4.78 is 4.78. The van der Waals surface area contributed by atoms with Gasteiger partial charge in [-0.1, -0.05) is 13.3 Å². The Morgan fingerprint density at radius 1 is 1.43 bits per heavy atom. The number of methoxy groups -OCH3 is 1. The largest absolute Gasteiger partial charge is 0.385 e. The Kier molecular flexibility index (Phi) is 13.3. The van der Waals surface area contributed by atoms with Crippen LogP contribution in [0.3, 0.4) is 0 Å². The van der Waals surface area contributed by atoms with Crippen molar-refractivity contribution >= 4 is 0 Å². The van der Waals surface area contributed by atoms with Crippen molar-refractivity contribution in [2.45, 2.75) is 19.8 Å². The van der Waals surface area contributed by atoms with E-state index in [1.165, 1.54) is 12.8 Å². The fourth-order valence-corrected chi connectivity index (χ4v) is 0.289. The SMILES string of the molecule is CCCCOC.N. The molecule has 0 bridgehead atoms. The minimum atomic E-state index is 0. The molecule has 0 rings (SSSR count). The van der Waals surface area contributed by atoms with Crippen LogP contribution in [0.4, 0.5) is 0 Å². The van der Waals surface area contributed by atoms with Gasteiger partial charge in [-0.2, -0.15) is 0 Å². The number of unbranched alkanes of at least 4 members (excludes halogenated alkanes) is 1. The lowest BCUT2D eigenvalue weighted by Crippen LogP contribution is -1.84. The summed E-state index contributed by atoms with van der Waals surface area (Å²) in [6.07, 6.45) is 2.42. The predicted molar refractivity (Wildman–Crippen MR) is 31.8 cm³/mol. The number of rotatable bonds is 3. The second-order valence-electron chi connectivity index (χ2n) is 1.35. The van der Waals surface area contributed by atoms with Gasteiger partial charge in [-0.05, 0) is 6.42 Å². The van der Waals surface area contributed by atoms with E-state index in [0.29, 0.717) is 0 Å². The van der Waals surface area contributed by atoms with Crippen LogP contribution in [0, 0.1) is 0 Å². The van der Waals surface area contributed by atoms with Crippen LogP contribution < -0.4 is 6.15 Å². The van der Waals surface area contributed by atoms with Crippen LogP contribution in [-0.2, 0) is 4.74 Å². The smallest absolute Gasteiger partial charge is 0.0462 e. The molecular weight excluding hydrogens is 90.1 g/mol. The molecule has 0 spiro atoms. The molecule has 0 atom stereocenters. The van der Waals surface area contributed by atoms with Gasteiger partial charge in [0.1, 0.15) is 0 Å². The first kappa shape index (κ1) is 10.0. The average Bonchev–Trinajstić information content (AvgIpc) is 1.61. The molecule has 3 N–H and O–H groups in total. The zero-order valence-electron chi connectivity index (χ0n) is 5.24. The summed E-state index contributed by atoms with van der Waals surface area (Å²) in [7, 11) is 1.73. The summed E-state index contributed by atoms with van der Waals surface area (Å²) in [5, 5.41) is 0. The molecule has 0 aliphatic carbocycles. The molecule has 0 saturated carbocycles. The van der Waals surface area contributed by atoms with Gasteiger partial charge in [0.05, 0.1) is 0 Å². The molecule has 2 nitrogen and oxygen atoms in total. The molecule has 0 heterocycles. The molecular formula is C5H15NO. The second-order valence-corrected chi connectivity index (χ2v) is 1.35. The van der Waals surface area contributed by atoms with Gasteiger partial charge in [0.2, 0.25) is 0 Å². The van der Waals surface area contributed by atoms with E-state index in [-0.39, 0.29) is 6.15 Å². The Hall–Kier alpha value is -0.0800. The maximum atomic E-state index is 4.78. The summed E-state index contributed by atoms with van der Waals surface area (Å²) in [6, 6.07) is 0. The number of hydrogen-bond donors (Lipinski definition) is 1. The highest BCUT2D eigenvalue weighted by atomic mass is 16.5. The summed E-state index contributed by atoms with van der Waals surface area (Å²) in [6.45, 7) is 3.07. The molecule has 7 heavy (non-hydrogen) atoms. The average molecular weight is 105 g/mol. The van der Waals surface area contributed by atoms with Crippen LogP contribution in [0.5, 0.6) is 0 Å². The maximum Gasteiger partial charge on any atom is 0.0462 e. The Balaban J connectivity index is 0. The molecule has 0 aromatic carbocycles. The first-order valence-corrected chi connectivity index (χ1v) is 2.40. The molecule has 2 heteroatoms. The van der Waals surface area contributed by atoms with E-state index < -0.39 is 0 Å². The molecule has 0 unspecified atom stereocenters. The number of hydrogen-bond acceptors (Lipinski definition) is 2. The van der Waals surface area contributed by atoms with Gasteiger partial charge in [-0.25, -0.2) is 0 Å². The van der Waals surface area contributed by atoms with Crippen LogP contribution in [0.25, 0.3) is 0 Å². The van der Waals surface area contributed by atoms with Crippen molar-refractivity contribution in [3.8, 4) is 0 Å². The zero-order valence-corrected chi connectivity index (χ0v) is 5.24. The monoisotopic (exact) mass is 105 g/mol. The van der Waals surface area contributed by atoms with Gasteiger partial charge in [0.15, 0.2) is 0 Å². The molecule has 46 valence electrons. The second kappa shape index (κ2) is 9.33. The maximum absolute atomic E-state index is 4.78. The summed E-state index contributed by atoms with van der Waals surface area (Å²) in [5.74, 6) is 0. The van der Waals surface area contributed by atoms with Crippen LogP contribution >= 0.6 is 0 Å². The molecule has 0 aliphatic rings. The summed E-state index contributed by atoms with van der Waals surface area (Å²) in [4.78, 5) is 0. The van der Waals surface area contributed by atoms with Gasteiger partial charge in [-0.3, -0.25) is 0 Å². The molecule has 0 saturated heterocycles. The molecule has 0 fully saturated rings. The molecule has 0 aromatic heterocycles. The lowest BCUT2D eigenvalue weighted by Gasteiger charge is -1.89. The van der Waals surface area contributed by atoms with E-state index in [1.54, 1.807) is 7.11 Å². The number of ether oxygens (including phenoxy) is 1. The van der Waals surface area contributed by atoms with Crippen molar-refractivity contribution < 1.29 is 4.74 Å². The molecule has 0 radical (unpaired) electrons. The molecule has 0 aromatic rings. The van der Waals surface area contributed by atoms with Gasteiger partial charge in [0.25, 0.3) is 0 Å². The fourth-order valence-electron chi connectivity index (χ4n) is 0.289. The van der Waals surface area contributed by atoms with Crippen molar-refractivity contribution in [3.63, 3.8) is 0 Å². The van der Waals surface area contributed by atoms with Crippen molar-refractivity contribution in [1.29, 1.82) is 0 Å². The first-order chi connectivity index (χ1) is 2.91. The van der Waals surface area contributed by atoms with Gasteiger partial charge in [-0.15, -0.1) is 0 Å². The van der Waals surface area contributed by atoms with Crippen molar-refractivity contribution in [3.05, 3.63) is 0 Å². The quantitative estimate of drug-likeness (QED) is 0.554. The predicted octanol–water partition coefficient (Wildman–Crippen LogP) is 1.59. The lowest BCUT2D eigenvalue weighted by molar-refractivity contribution is 0.194. The Bertz CT molecular complexity index is 20.0. The lowest BCUT2D eigenvalue weighted by atomic mass is 10.4. The van der Waals surface area contributed by atoms with Crippen LogP contribution in [0.15, 0.2) is 0 Å². The van der Waals surface area contributed by atoms with Crippen LogP contribution in [0.1, 0.15) is 19.8 Å². The standard InChI is InChI=1S/C5H12O.H3N/c1-3-4-5-6-2;/h3-5H2,1-2H3;1H3. The van der Waals surface area contributed by atoms with E-state index in [4.69, 9.17) is 4.74 Å². The Morgan fingerprint density at radius 2 is 2.00 bits per heavy atom. The van der Waals surface area contributed by atoms with E-state index in [2.05, 4.69) is 6.92 Å². The Morgan fingerprint density at radius 3 is 2.14 bits per heavy atom. The minimum Gasteiger partial charge on any atom is -0.385 e. The topological polar surface area (TPSA) is 44.2 Å². The van der Waals surface area contributed by atoms with Crippen molar-refractivity contribution in [2.24, 2.45) is 0 Å². The van der Waals surface area contributed by atoms with Crippen molar-refractivity contribution in [1.82, 2.24) is 6.15 Å². The van der Waals surface area contributed by atoms with Gasteiger partial charge in [0, 0.05) is 13.7 Å². The molecule has 0 aliphatic heterocycles. The van der Waals surface area contributed by atoms with Crippen molar-refractivity contribution in [2.75, 3.05) is 13.7 Å². The molecule has 0 amide bonds.